The third kappa shape index (κ3) is 5.49. The number of amides is 2. The summed E-state index contributed by atoms with van der Waals surface area (Å²) in [5, 5.41) is 2.86. The molecular formula is C24H26N2O4S2. The summed E-state index contributed by atoms with van der Waals surface area (Å²) >= 11 is 6.60. The first-order valence-electron chi connectivity index (χ1n) is 10.1. The van der Waals surface area contributed by atoms with Crippen LogP contribution in [0.5, 0.6) is 11.5 Å². The zero-order valence-corrected chi connectivity index (χ0v) is 20.4. The van der Waals surface area contributed by atoms with Crippen LogP contribution in [0.4, 0.5) is 5.69 Å². The molecule has 0 aromatic heterocycles. The molecule has 1 aliphatic heterocycles. The number of methoxy groups -OCH3 is 1. The van der Waals surface area contributed by atoms with Crippen molar-refractivity contribution >= 4 is 51.9 Å². The monoisotopic (exact) mass is 470 g/mol. The van der Waals surface area contributed by atoms with E-state index in [1.165, 1.54) is 18.9 Å². The summed E-state index contributed by atoms with van der Waals surface area (Å²) in [6.45, 7) is 7.65. The average molecular weight is 471 g/mol. The van der Waals surface area contributed by atoms with Gasteiger partial charge in [0.1, 0.15) is 4.32 Å². The third-order valence-electron chi connectivity index (χ3n) is 4.84. The predicted molar refractivity (Wildman–Crippen MR) is 133 cm³/mol. The molecular weight excluding hydrogens is 444 g/mol. The van der Waals surface area contributed by atoms with Crippen molar-refractivity contribution in [2.24, 2.45) is 0 Å². The lowest BCUT2D eigenvalue weighted by Crippen LogP contribution is -2.34. The number of thioether (sulfide) groups is 1. The van der Waals surface area contributed by atoms with Crippen molar-refractivity contribution in [3.63, 3.8) is 0 Å². The minimum Gasteiger partial charge on any atom is -0.493 e. The quantitative estimate of drug-likeness (QED) is 0.457. The van der Waals surface area contributed by atoms with Crippen molar-refractivity contribution in [2.75, 3.05) is 19.0 Å². The number of rotatable bonds is 7. The molecule has 168 valence electrons. The van der Waals surface area contributed by atoms with Crippen LogP contribution in [0, 0.1) is 13.8 Å². The fourth-order valence-electron chi connectivity index (χ4n) is 3.25. The van der Waals surface area contributed by atoms with Gasteiger partial charge in [0.15, 0.2) is 18.1 Å². The lowest BCUT2D eigenvalue weighted by atomic mass is 10.1. The molecule has 1 N–H and O–H groups in total. The van der Waals surface area contributed by atoms with E-state index in [0.29, 0.717) is 20.7 Å². The zero-order chi connectivity index (χ0) is 23.4. The second-order valence-corrected chi connectivity index (χ2v) is 9.39. The number of anilines is 1. The van der Waals surface area contributed by atoms with Gasteiger partial charge in [0.05, 0.1) is 12.0 Å². The highest BCUT2D eigenvalue weighted by Gasteiger charge is 2.33. The Morgan fingerprint density at radius 3 is 2.56 bits per heavy atom. The summed E-state index contributed by atoms with van der Waals surface area (Å²) in [5.74, 6) is 0.547. The van der Waals surface area contributed by atoms with Gasteiger partial charge in [-0.15, -0.1) is 0 Å². The van der Waals surface area contributed by atoms with Crippen LogP contribution in [-0.2, 0) is 9.59 Å². The Labute approximate surface area is 198 Å². The van der Waals surface area contributed by atoms with E-state index >= 15 is 0 Å². The molecule has 0 unspecified atom stereocenters. The Morgan fingerprint density at radius 1 is 1.19 bits per heavy atom. The van der Waals surface area contributed by atoms with E-state index in [2.05, 4.69) is 5.32 Å². The van der Waals surface area contributed by atoms with Gasteiger partial charge in [0.25, 0.3) is 11.8 Å². The molecule has 1 aliphatic rings. The maximum absolute atomic E-state index is 12.6. The summed E-state index contributed by atoms with van der Waals surface area (Å²) in [5.41, 5.74) is 3.65. The number of aryl methyl sites for hydroxylation is 2. The Kier molecular flexibility index (Phi) is 7.58. The van der Waals surface area contributed by atoms with Crippen molar-refractivity contribution < 1.29 is 19.1 Å². The van der Waals surface area contributed by atoms with Gasteiger partial charge in [0, 0.05) is 11.7 Å². The number of carbonyl (C=O) groups excluding carboxylic acids is 2. The largest absolute Gasteiger partial charge is 0.493 e. The summed E-state index contributed by atoms with van der Waals surface area (Å²) in [6.07, 6.45) is 1.78. The van der Waals surface area contributed by atoms with Crippen LogP contribution in [0.15, 0.2) is 41.3 Å². The number of benzene rings is 2. The van der Waals surface area contributed by atoms with Gasteiger partial charge in [0.2, 0.25) is 0 Å². The number of nitrogens with one attached hydrogen (secondary N) is 1. The van der Waals surface area contributed by atoms with E-state index in [0.717, 1.165) is 22.4 Å². The maximum Gasteiger partial charge on any atom is 0.266 e. The van der Waals surface area contributed by atoms with Crippen LogP contribution in [0.25, 0.3) is 6.08 Å². The number of thiocarbonyl (C=S) groups is 1. The number of carbonyl (C=O) groups is 2. The summed E-state index contributed by atoms with van der Waals surface area (Å²) in [4.78, 5) is 27.1. The van der Waals surface area contributed by atoms with Gasteiger partial charge in [-0.05, 0) is 63.1 Å². The molecule has 0 aliphatic carbocycles. The molecule has 0 bridgehead atoms. The summed E-state index contributed by atoms with van der Waals surface area (Å²) < 4.78 is 11.7. The highest BCUT2D eigenvalue weighted by molar-refractivity contribution is 8.26. The smallest absolute Gasteiger partial charge is 0.266 e. The normalized spacial score (nSPS) is 14.9. The van der Waals surface area contributed by atoms with Crippen LogP contribution < -0.4 is 14.8 Å². The highest BCUT2D eigenvalue weighted by Crippen LogP contribution is 2.35. The van der Waals surface area contributed by atoms with E-state index in [-0.39, 0.29) is 24.5 Å². The summed E-state index contributed by atoms with van der Waals surface area (Å²) in [6, 6.07) is 11.1. The molecule has 0 radical (unpaired) electrons. The Morgan fingerprint density at radius 2 is 1.94 bits per heavy atom. The minimum atomic E-state index is -0.263. The Hall–Kier alpha value is -2.84. The molecule has 6 nitrogen and oxygen atoms in total. The fourth-order valence-corrected chi connectivity index (χ4v) is 4.78. The highest BCUT2D eigenvalue weighted by atomic mass is 32.2. The van der Waals surface area contributed by atoms with Gasteiger partial charge in [-0.25, -0.2) is 0 Å². The molecule has 0 saturated carbocycles. The first-order valence-corrected chi connectivity index (χ1v) is 11.4. The second kappa shape index (κ2) is 10.2. The Balaban J connectivity index is 1.68. The van der Waals surface area contributed by atoms with Gasteiger partial charge in [-0.1, -0.05) is 47.7 Å². The van der Waals surface area contributed by atoms with Crippen LogP contribution >= 0.6 is 24.0 Å². The van der Waals surface area contributed by atoms with E-state index in [1.54, 1.807) is 23.1 Å². The Bertz CT molecular complexity index is 1100. The molecule has 2 aromatic rings. The van der Waals surface area contributed by atoms with Crippen LogP contribution in [-0.4, -0.2) is 40.8 Å². The number of nitrogens with zero attached hydrogens (tertiary/aromatic N) is 1. The fraction of sp³-hybridized carbons (Fsp3) is 0.292. The van der Waals surface area contributed by atoms with Gasteiger partial charge in [-0.3, -0.25) is 14.5 Å². The second-order valence-electron chi connectivity index (χ2n) is 7.71. The lowest BCUT2D eigenvalue weighted by molar-refractivity contribution is -0.123. The summed E-state index contributed by atoms with van der Waals surface area (Å²) in [7, 11) is 1.53. The predicted octanol–water partition coefficient (Wildman–Crippen LogP) is 4.94. The molecule has 1 heterocycles. The molecule has 1 saturated heterocycles. The van der Waals surface area contributed by atoms with E-state index in [4.69, 9.17) is 21.7 Å². The number of hydrogen-bond acceptors (Lipinski definition) is 6. The molecule has 1 fully saturated rings. The van der Waals surface area contributed by atoms with Crippen molar-refractivity contribution in [2.45, 2.75) is 33.7 Å². The van der Waals surface area contributed by atoms with Crippen molar-refractivity contribution in [1.29, 1.82) is 0 Å². The molecule has 2 aromatic carbocycles. The van der Waals surface area contributed by atoms with E-state index < -0.39 is 0 Å². The molecule has 2 amide bonds. The van der Waals surface area contributed by atoms with Crippen molar-refractivity contribution in [1.82, 2.24) is 4.90 Å². The molecule has 32 heavy (non-hydrogen) atoms. The van der Waals surface area contributed by atoms with Crippen molar-refractivity contribution in [3.8, 4) is 11.5 Å². The van der Waals surface area contributed by atoms with Gasteiger partial charge < -0.3 is 14.8 Å². The first-order chi connectivity index (χ1) is 15.2. The van der Waals surface area contributed by atoms with E-state index in [9.17, 15) is 9.59 Å². The third-order valence-corrected chi connectivity index (χ3v) is 6.17. The van der Waals surface area contributed by atoms with Crippen LogP contribution in [0.2, 0.25) is 0 Å². The molecule has 0 spiro atoms. The van der Waals surface area contributed by atoms with Crippen LogP contribution in [0.3, 0.4) is 0 Å². The topological polar surface area (TPSA) is 67.9 Å². The van der Waals surface area contributed by atoms with Crippen molar-refractivity contribution in [3.05, 3.63) is 58.0 Å². The van der Waals surface area contributed by atoms with E-state index in [1.807, 2.05) is 52.0 Å². The minimum absolute atomic E-state index is 0.00792. The number of ether oxygens (including phenoxy) is 2. The lowest BCUT2D eigenvalue weighted by Gasteiger charge is -2.18. The van der Waals surface area contributed by atoms with Crippen LogP contribution in [0.1, 0.15) is 30.5 Å². The molecule has 8 heteroatoms. The molecule has 0 atom stereocenters. The standard InChI is InChI=1S/C24H26N2O4S2/c1-14(2)26-23(28)21(32-24(26)31)12-17-7-9-19(20(11-17)29-5)30-13-22(27)25-18-8-6-15(3)10-16(18)4/h6-12,14H,13H2,1-5H3,(H,25,27)/b21-12-. The zero-order valence-electron chi connectivity index (χ0n) is 18.7. The molecule has 3 rings (SSSR count). The average Bonchev–Trinajstić information content (AvgIpc) is 3.02. The SMILES string of the molecule is COc1cc(/C=C2\SC(=S)N(C(C)C)C2=O)ccc1OCC(=O)Nc1ccc(C)cc1C. The van der Waals surface area contributed by atoms with Gasteiger partial charge in [-0.2, -0.15) is 0 Å². The first kappa shape index (κ1) is 23.8. The van der Waals surface area contributed by atoms with Gasteiger partial charge >= 0.3 is 0 Å². The number of hydrogen-bond donors (Lipinski definition) is 1. The maximum atomic E-state index is 12.6.